The first-order valence-electron chi connectivity index (χ1n) is 13.1. The molecule has 0 fully saturated rings. The average Bonchev–Trinajstić information content (AvgIpc) is 3.42. The number of nitrogens with one attached hydrogen (secondary N) is 1. The van der Waals surface area contributed by atoms with Crippen molar-refractivity contribution in [1.82, 2.24) is 9.97 Å². The van der Waals surface area contributed by atoms with Gasteiger partial charge < -0.3 is 19.5 Å². The lowest BCUT2D eigenvalue weighted by molar-refractivity contribution is 0.363. The van der Waals surface area contributed by atoms with Gasteiger partial charge >= 0.3 is 0 Å². The van der Waals surface area contributed by atoms with Crippen molar-refractivity contribution in [3.63, 3.8) is 0 Å². The zero-order chi connectivity index (χ0) is 27.2. The predicted molar refractivity (Wildman–Crippen MR) is 165 cm³/mol. The van der Waals surface area contributed by atoms with Crippen LogP contribution in [0.2, 0.25) is 0 Å². The van der Waals surface area contributed by atoms with E-state index in [4.69, 9.17) is 9.72 Å². The quantitative estimate of drug-likeness (QED) is 0.220. The first-order valence-corrected chi connectivity index (χ1v) is 13.1. The van der Waals surface area contributed by atoms with E-state index in [1.165, 1.54) is 0 Å². The van der Waals surface area contributed by atoms with Crippen LogP contribution in [0.25, 0.3) is 40.0 Å². The molecule has 1 N–H and O–H groups in total. The minimum absolute atomic E-state index is 0.524. The van der Waals surface area contributed by atoms with Crippen molar-refractivity contribution in [2.75, 3.05) is 44.6 Å². The summed E-state index contributed by atoms with van der Waals surface area (Å²) in [5, 5.41) is 0. The van der Waals surface area contributed by atoms with Crippen LogP contribution in [0.1, 0.15) is 5.56 Å². The summed E-state index contributed by atoms with van der Waals surface area (Å²) in [6.07, 6.45) is 4.10. The number of nitrogens with zero attached hydrogens (tertiary/aromatic N) is 3. The van der Waals surface area contributed by atoms with E-state index >= 15 is 0 Å². The molecule has 0 aliphatic heterocycles. The summed E-state index contributed by atoms with van der Waals surface area (Å²) in [5.41, 5.74) is 8.59. The highest BCUT2D eigenvalue weighted by molar-refractivity contribution is 5.82. The third-order valence-electron chi connectivity index (χ3n) is 6.62. The van der Waals surface area contributed by atoms with Crippen molar-refractivity contribution >= 4 is 17.5 Å². The number of ether oxygens (including phenoxy) is 1. The molecular formula is C34H34N4O. The molecule has 0 saturated carbocycles. The van der Waals surface area contributed by atoms with Gasteiger partial charge in [-0.15, -0.1) is 0 Å². The largest absolute Gasteiger partial charge is 0.490 e. The van der Waals surface area contributed by atoms with E-state index in [0.717, 1.165) is 56.6 Å². The monoisotopic (exact) mass is 514 g/mol. The Kier molecular flexibility index (Phi) is 7.78. The molecule has 0 saturated heterocycles. The van der Waals surface area contributed by atoms with Gasteiger partial charge in [0, 0.05) is 56.3 Å². The Balaban J connectivity index is 1.41. The standard InChI is InChI=1S/C34H34N4O/c1-37(2)29-20-16-26(17-21-29)32-33(27-18-22-30(23-19-27)38(3)4)36-34(35-32)28-14-12-25(13-15-28)9-8-24-39-31-10-6-5-7-11-31/h5-23H,24H2,1-4H3,(H,35,36)/b9-8+. The van der Waals surface area contributed by atoms with Crippen molar-refractivity contribution in [2.45, 2.75) is 0 Å². The van der Waals surface area contributed by atoms with Gasteiger partial charge in [-0.1, -0.05) is 72.8 Å². The number of rotatable bonds is 9. The molecule has 0 unspecified atom stereocenters. The van der Waals surface area contributed by atoms with Crippen LogP contribution in [-0.4, -0.2) is 44.8 Å². The van der Waals surface area contributed by atoms with E-state index in [2.05, 4.69) is 122 Å². The van der Waals surface area contributed by atoms with Gasteiger partial charge in [-0.3, -0.25) is 0 Å². The van der Waals surface area contributed by atoms with Gasteiger partial charge in [0.05, 0.1) is 11.4 Å². The van der Waals surface area contributed by atoms with Gasteiger partial charge in [0.1, 0.15) is 18.2 Å². The molecule has 1 heterocycles. The Labute approximate surface area is 231 Å². The number of benzene rings is 4. The SMILES string of the molecule is CN(C)c1ccc(-c2nc(-c3ccc(/C=C/COc4ccccc4)cc3)[nH]c2-c2ccc(N(C)C)cc2)cc1. The zero-order valence-corrected chi connectivity index (χ0v) is 22.9. The highest BCUT2D eigenvalue weighted by atomic mass is 16.5. The second kappa shape index (κ2) is 11.7. The fraction of sp³-hybridized carbons (Fsp3) is 0.147. The molecule has 1 aromatic heterocycles. The van der Waals surface area contributed by atoms with E-state index in [1.54, 1.807) is 0 Å². The van der Waals surface area contributed by atoms with Gasteiger partial charge in [0.15, 0.2) is 0 Å². The highest BCUT2D eigenvalue weighted by Crippen LogP contribution is 2.34. The molecule has 0 spiro atoms. The van der Waals surface area contributed by atoms with E-state index in [0.29, 0.717) is 6.61 Å². The van der Waals surface area contributed by atoms with Crippen LogP contribution in [0.15, 0.2) is 109 Å². The van der Waals surface area contributed by atoms with Crippen LogP contribution in [0.5, 0.6) is 5.75 Å². The van der Waals surface area contributed by atoms with E-state index < -0.39 is 0 Å². The normalized spacial score (nSPS) is 11.1. The first-order chi connectivity index (χ1) is 19.0. The number of anilines is 2. The molecule has 0 atom stereocenters. The van der Waals surface area contributed by atoms with Crippen molar-refractivity contribution in [3.05, 3.63) is 115 Å². The molecule has 5 nitrogen and oxygen atoms in total. The number of H-pyrrole nitrogens is 1. The second-order valence-corrected chi connectivity index (χ2v) is 9.84. The van der Waals surface area contributed by atoms with Crippen LogP contribution >= 0.6 is 0 Å². The average molecular weight is 515 g/mol. The maximum absolute atomic E-state index is 5.75. The van der Waals surface area contributed by atoms with E-state index in [9.17, 15) is 0 Å². The summed E-state index contributed by atoms with van der Waals surface area (Å²) in [6.45, 7) is 0.524. The van der Waals surface area contributed by atoms with Crippen molar-refractivity contribution < 1.29 is 4.74 Å². The Morgan fingerprint density at radius 2 is 1.23 bits per heavy atom. The fourth-order valence-electron chi connectivity index (χ4n) is 4.37. The summed E-state index contributed by atoms with van der Waals surface area (Å²) < 4.78 is 5.75. The number of aromatic amines is 1. The Morgan fingerprint density at radius 3 is 1.82 bits per heavy atom. The van der Waals surface area contributed by atoms with Crippen LogP contribution < -0.4 is 14.5 Å². The number of imidazole rings is 1. The lowest BCUT2D eigenvalue weighted by Gasteiger charge is -2.13. The number of aromatic nitrogens is 2. The third kappa shape index (κ3) is 6.21. The summed E-state index contributed by atoms with van der Waals surface area (Å²) in [4.78, 5) is 12.9. The number of hydrogen-bond donors (Lipinski definition) is 1. The van der Waals surface area contributed by atoms with Gasteiger partial charge in [-0.05, 0) is 48.0 Å². The molecule has 5 aromatic rings. The summed E-state index contributed by atoms with van der Waals surface area (Å²) in [6, 6.07) is 35.4. The van der Waals surface area contributed by atoms with Gasteiger partial charge in [-0.2, -0.15) is 0 Å². The third-order valence-corrected chi connectivity index (χ3v) is 6.62. The number of hydrogen-bond acceptors (Lipinski definition) is 4. The maximum atomic E-state index is 5.75. The van der Waals surface area contributed by atoms with Crippen LogP contribution in [0.3, 0.4) is 0 Å². The molecule has 4 aromatic carbocycles. The lowest BCUT2D eigenvalue weighted by Crippen LogP contribution is -2.08. The summed E-state index contributed by atoms with van der Waals surface area (Å²) >= 11 is 0. The Bertz CT molecular complexity index is 1450. The van der Waals surface area contributed by atoms with Crippen LogP contribution in [0, 0.1) is 0 Å². The molecule has 0 bridgehead atoms. The smallest absolute Gasteiger partial charge is 0.138 e. The number of para-hydroxylation sites is 1. The van der Waals surface area contributed by atoms with E-state index in [-0.39, 0.29) is 0 Å². The molecule has 5 heteroatoms. The molecule has 0 aliphatic rings. The Morgan fingerprint density at radius 1 is 0.667 bits per heavy atom. The predicted octanol–water partition coefficient (Wildman–Crippen LogP) is 7.63. The fourth-order valence-corrected chi connectivity index (χ4v) is 4.37. The van der Waals surface area contributed by atoms with Gasteiger partial charge in [0.25, 0.3) is 0 Å². The van der Waals surface area contributed by atoms with Crippen LogP contribution in [0.4, 0.5) is 11.4 Å². The molecule has 39 heavy (non-hydrogen) atoms. The van der Waals surface area contributed by atoms with Crippen LogP contribution in [-0.2, 0) is 0 Å². The van der Waals surface area contributed by atoms with Gasteiger partial charge in [-0.25, -0.2) is 4.98 Å². The zero-order valence-electron chi connectivity index (χ0n) is 22.9. The highest BCUT2D eigenvalue weighted by Gasteiger charge is 2.16. The lowest BCUT2D eigenvalue weighted by atomic mass is 10.0. The first kappa shape index (κ1) is 25.9. The summed E-state index contributed by atoms with van der Waals surface area (Å²) in [5.74, 6) is 1.71. The molecule has 0 aliphatic carbocycles. The molecule has 0 radical (unpaired) electrons. The van der Waals surface area contributed by atoms with Crippen molar-refractivity contribution in [3.8, 4) is 39.7 Å². The molecular weight excluding hydrogens is 480 g/mol. The maximum Gasteiger partial charge on any atom is 0.138 e. The molecule has 0 amide bonds. The Hall–Kier alpha value is -4.77. The van der Waals surface area contributed by atoms with Gasteiger partial charge in [0.2, 0.25) is 0 Å². The topological polar surface area (TPSA) is 44.4 Å². The molecule has 5 rings (SSSR count). The molecule has 196 valence electrons. The second-order valence-electron chi connectivity index (χ2n) is 9.84. The van der Waals surface area contributed by atoms with Crippen molar-refractivity contribution in [1.29, 1.82) is 0 Å². The minimum Gasteiger partial charge on any atom is -0.490 e. The summed E-state index contributed by atoms with van der Waals surface area (Å²) in [7, 11) is 8.20. The van der Waals surface area contributed by atoms with Crippen molar-refractivity contribution in [2.24, 2.45) is 0 Å². The van der Waals surface area contributed by atoms with E-state index in [1.807, 2.05) is 36.4 Å². The minimum atomic E-state index is 0.524.